The van der Waals surface area contributed by atoms with Gasteiger partial charge in [-0.25, -0.2) is 8.78 Å². The molecule has 0 saturated carbocycles. The van der Waals surface area contributed by atoms with Crippen LogP contribution in [0.4, 0.5) is 8.78 Å². The Hall–Kier alpha value is -1.75. The molecule has 1 aromatic heterocycles. The molecule has 0 spiro atoms. The van der Waals surface area contributed by atoms with Gasteiger partial charge in [0.05, 0.1) is 6.20 Å². The summed E-state index contributed by atoms with van der Waals surface area (Å²) in [6.45, 7) is 4.25. The van der Waals surface area contributed by atoms with Crippen molar-refractivity contribution in [1.29, 1.82) is 0 Å². The van der Waals surface area contributed by atoms with Crippen molar-refractivity contribution in [3.8, 4) is 0 Å². The van der Waals surface area contributed by atoms with Crippen LogP contribution < -0.4 is 5.32 Å². The van der Waals surface area contributed by atoms with Crippen molar-refractivity contribution in [2.24, 2.45) is 0 Å². The summed E-state index contributed by atoms with van der Waals surface area (Å²) >= 11 is 0. The maximum absolute atomic E-state index is 13.0. The van der Waals surface area contributed by atoms with Crippen LogP contribution >= 0.6 is 0 Å². The molecule has 2 rings (SSSR count). The van der Waals surface area contributed by atoms with Crippen LogP contribution in [0, 0.1) is 11.6 Å². The van der Waals surface area contributed by atoms with Crippen LogP contribution in [0.5, 0.6) is 0 Å². The average Bonchev–Trinajstić information content (AvgIpc) is 2.81. The second kappa shape index (κ2) is 6.43. The lowest BCUT2D eigenvalue weighted by Gasteiger charge is -2.04. The molecule has 1 aromatic carbocycles. The fraction of sp³-hybridized carbons (Fsp3) is 0.357. The van der Waals surface area contributed by atoms with E-state index in [0.717, 1.165) is 18.2 Å². The van der Waals surface area contributed by atoms with E-state index < -0.39 is 11.6 Å². The van der Waals surface area contributed by atoms with Crippen molar-refractivity contribution in [3.63, 3.8) is 0 Å². The van der Waals surface area contributed by atoms with Gasteiger partial charge in [0, 0.05) is 30.9 Å². The third-order valence-electron chi connectivity index (χ3n) is 2.85. The monoisotopic (exact) mass is 265 g/mol. The predicted octanol–water partition coefficient (Wildman–Crippen LogP) is 2.51. The zero-order chi connectivity index (χ0) is 13.7. The zero-order valence-electron chi connectivity index (χ0n) is 10.9. The van der Waals surface area contributed by atoms with E-state index in [1.807, 2.05) is 24.0 Å². The molecule has 3 nitrogen and oxygen atoms in total. The number of halogens is 2. The minimum atomic E-state index is -0.528. The van der Waals surface area contributed by atoms with Gasteiger partial charge in [-0.3, -0.25) is 4.68 Å². The molecular formula is C14H17F2N3. The molecule has 0 saturated heterocycles. The summed E-state index contributed by atoms with van der Waals surface area (Å²) in [6.07, 6.45) is 4.39. The minimum Gasteiger partial charge on any atom is -0.312 e. The first-order valence-electron chi connectivity index (χ1n) is 6.34. The second-order valence-electron chi connectivity index (χ2n) is 4.41. The van der Waals surface area contributed by atoms with Gasteiger partial charge in [-0.05, 0) is 37.6 Å². The van der Waals surface area contributed by atoms with E-state index in [4.69, 9.17) is 0 Å². The van der Waals surface area contributed by atoms with Gasteiger partial charge in [-0.1, -0.05) is 0 Å². The molecule has 0 aliphatic rings. The van der Waals surface area contributed by atoms with E-state index in [9.17, 15) is 8.78 Å². The standard InChI is InChI=1S/C14H17F2N3/c1-2-19-10-12(9-18-19)8-17-4-3-11-5-13(15)7-14(16)6-11/h5-7,9-10,17H,2-4,8H2,1H3. The fourth-order valence-electron chi connectivity index (χ4n) is 1.89. The smallest absolute Gasteiger partial charge is 0.126 e. The normalized spacial score (nSPS) is 10.9. The Balaban J connectivity index is 1.77. The molecule has 0 fully saturated rings. The van der Waals surface area contributed by atoms with Gasteiger partial charge in [-0.2, -0.15) is 5.10 Å². The van der Waals surface area contributed by atoms with Gasteiger partial charge in [0.15, 0.2) is 0 Å². The summed E-state index contributed by atoms with van der Waals surface area (Å²) in [5.74, 6) is -1.06. The summed E-state index contributed by atoms with van der Waals surface area (Å²) in [7, 11) is 0. The molecule has 0 bridgehead atoms. The van der Waals surface area contributed by atoms with E-state index in [1.165, 1.54) is 12.1 Å². The molecule has 0 aliphatic carbocycles. The first-order valence-corrected chi connectivity index (χ1v) is 6.34. The maximum atomic E-state index is 13.0. The van der Waals surface area contributed by atoms with Crippen LogP contribution in [-0.4, -0.2) is 16.3 Å². The SMILES string of the molecule is CCn1cc(CNCCc2cc(F)cc(F)c2)cn1. The van der Waals surface area contributed by atoms with Gasteiger partial charge in [0.2, 0.25) is 0 Å². The second-order valence-corrected chi connectivity index (χ2v) is 4.41. The summed E-state index contributed by atoms with van der Waals surface area (Å²) in [5, 5.41) is 7.40. The molecule has 0 aliphatic heterocycles. The van der Waals surface area contributed by atoms with Crippen molar-refractivity contribution in [1.82, 2.24) is 15.1 Å². The number of rotatable bonds is 6. The van der Waals surface area contributed by atoms with Crippen molar-refractivity contribution >= 4 is 0 Å². The molecule has 102 valence electrons. The summed E-state index contributed by atoms with van der Waals surface area (Å²) in [4.78, 5) is 0. The lowest BCUT2D eigenvalue weighted by atomic mass is 10.1. The van der Waals surface area contributed by atoms with Crippen molar-refractivity contribution in [3.05, 3.63) is 53.4 Å². The van der Waals surface area contributed by atoms with Gasteiger partial charge in [0.1, 0.15) is 11.6 Å². The van der Waals surface area contributed by atoms with Gasteiger partial charge in [-0.15, -0.1) is 0 Å². The minimum absolute atomic E-state index is 0.528. The zero-order valence-corrected chi connectivity index (χ0v) is 10.9. The molecular weight excluding hydrogens is 248 g/mol. The van der Waals surface area contributed by atoms with Gasteiger partial charge >= 0.3 is 0 Å². The first-order chi connectivity index (χ1) is 9.17. The molecule has 0 atom stereocenters. The molecule has 19 heavy (non-hydrogen) atoms. The van der Waals surface area contributed by atoms with E-state index in [1.54, 1.807) is 0 Å². The van der Waals surface area contributed by atoms with E-state index >= 15 is 0 Å². The molecule has 1 N–H and O–H groups in total. The Bertz CT molecular complexity index is 517. The topological polar surface area (TPSA) is 29.9 Å². The summed E-state index contributed by atoms with van der Waals surface area (Å²) in [5.41, 5.74) is 1.77. The van der Waals surface area contributed by atoms with Crippen molar-refractivity contribution in [2.45, 2.75) is 26.4 Å². The molecule has 0 amide bonds. The van der Waals surface area contributed by atoms with Gasteiger partial charge in [0.25, 0.3) is 0 Å². The third-order valence-corrected chi connectivity index (χ3v) is 2.85. The highest BCUT2D eigenvalue weighted by molar-refractivity contribution is 5.18. The number of aryl methyl sites for hydroxylation is 1. The Morgan fingerprint density at radius 2 is 1.89 bits per heavy atom. The summed E-state index contributed by atoms with van der Waals surface area (Å²) in [6, 6.07) is 3.61. The van der Waals surface area contributed by atoms with E-state index in [0.29, 0.717) is 25.1 Å². The highest BCUT2D eigenvalue weighted by atomic mass is 19.1. The quantitative estimate of drug-likeness (QED) is 0.813. The Morgan fingerprint density at radius 3 is 2.53 bits per heavy atom. The fourth-order valence-corrected chi connectivity index (χ4v) is 1.89. The van der Waals surface area contributed by atoms with Crippen molar-refractivity contribution < 1.29 is 8.78 Å². The van der Waals surface area contributed by atoms with E-state index in [2.05, 4.69) is 10.4 Å². The molecule has 0 radical (unpaired) electrons. The van der Waals surface area contributed by atoms with Gasteiger partial charge < -0.3 is 5.32 Å². The Kier molecular flexibility index (Phi) is 4.63. The number of nitrogens with one attached hydrogen (secondary N) is 1. The number of benzene rings is 1. The molecule has 2 aromatic rings. The van der Waals surface area contributed by atoms with Crippen LogP contribution in [0.25, 0.3) is 0 Å². The van der Waals surface area contributed by atoms with E-state index in [-0.39, 0.29) is 0 Å². The lowest BCUT2D eigenvalue weighted by molar-refractivity contribution is 0.577. The van der Waals surface area contributed by atoms with Crippen LogP contribution in [0.1, 0.15) is 18.1 Å². The van der Waals surface area contributed by atoms with Crippen LogP contribution in [0.15, 0.2) is 30.6 Å². The van der Waals surface area contributed by atoms with Crippen LogP contribution in [0.2, 0.25) is 0 Å². The number of hydrogen-bond acceptors (Lipinski definition) is 2. The van der Waals surface area contributed by atoms with Crippen molar-refractivity contribution in [2.75, 3.05) is 6.54 Å². The number of nitrogens with zero attached hydrogens (tertiary/aromatic N) is 2. The first kappa shape index (κ1) is 13.7. The lowest BCUT2D eigenvalue weighted by Crippen LogP contribution is -2.16. The maximum Gasteiger partial charge on any atom is 0.126 e. The van der Waals surface area contributed by atoms with Crippen LogP contribution in [-0.2, 0) is 19.5 Å². The Morgan fingerprint density at radius 1 is 1.16 bits per heavy atom. The largest absolute Gasteiger partial charge is 0.312 e. The molecule has 0 unspecified atom stereocenters. The number of aromatic nitrogens is 2. The molecule has 1 heterocycles. The highest BCUT2D eigenvalue weighted by Crippen LogP contribution is 2.08. The highest BCUT2D eigenvalue weighted by Gasteiger charge is 2.01. The third kappa shape index (κ3) is 4.13. The predicted molar refractivity (Wildman–Crippen MR) is 69.7 cm³/mol. The average molecular weight is 265 g/mol. The van der Waals surface area contributed by atoms with Crippen LogP contribution in [0.3, 0.4) is 0 Å². The Labute approximate surface area is 111 Å². The molecule has 5 heteroatoms. The summed E-state index contributed by atoms with van der Waals surface area (Å²) < 4.78 is 27.8. The number of hydrogen-bond donors (Lipinski definition) is 1.